The molecule has 0 spiro atoms. The van der Waals surface area contributed by atoms with Crippen LogP contribution >= 0.6 is 11.6 Å². The molecule has 1 fully saturated rings. The van der Waals surface area contributed by atoms with Crippen LogP contribution in [0.5, 0.6) is 0 Å². The van der Waals surface area contributed by atoms with Gasteiger partial charge in [0.25, 0.3) is 5.91 Å². The molecule has 3 amide bonds. The summed E-state index contributed by atoms with van der Waals surface area (Å²) in [5, 5.41) is 7.37. The maximum absolute atomic E-state index is 13.8. The van der Waals surface area contributed by atoms with E-state index in [4.69, 9.17) is 11.6 Å². The van der Waals surface area contributed by atoms with E-state index in [2.05, 4.69) is 10.4 Å². The van der Waals surface area contributed by atoms with E-state index in [0.29, 0.717) is 17.9 Å². The number of hydrazone groups is 1. The van der Waals surface area contributed by atoms with Gasteiger partial charge in [-0.15, -0.1) is 5.01 Å². The normalized spacial score (nSPS) is 20.0. The molecule has 7 heteroatoms. The van der Waals surface area contributed by atoms with Crippen LogP contribution in [-0.4, -0.2) is 28.7 Å². The molecule has 0 saturated carbocycles. The number of benzene rings is 2. The van der Waals surface area contributed by atoms with Gasteiger partial charge in [0.15, 0.2) is 0 Å². The van der Waals surface area contributed by atoms with Gasteiger partial charge >= 0.3 is 6.03 Å². The maximum atomic E-state index is 13.8. The predicted molar refractivity (Wildman–Crippen MR) is 97.5 cm³/mol. The van der Waals surface area contributed by atoms with E-state index in [1.807, 2.05) is 30.3 Å². The van der Waals surface area contributed by atoms with Crippen molar-refractivity contribution in [3.05, 3.63) is 70.5 Å². The molecule has 2 aromatic carbocycles. The molecule has 0 radical (unpaired) electrons. The van der Waals surface area contributed by atoms with Crippen LogP contribution in [0.15, 0.2) is 53.6 Å². The Morgan fingerprint density at radius 1 is 1.19 bits per heavy atom. The SMILES string of the molecule is C[C@@]1(CCc2ccccc2)NC(=O)N(/N=C\c2c(F)cccc2Cl)C1=O. The van der Waals surface area contributed by atoms with Crippen LogP contribution in [0.2, 0.25) is 5.02 Å². The monoisotopic (exact) mass is 373 g/mol. The highest BCUT2D eigenvalue weighted by Gasteiger charge is 2.47. The Hall–Kier alpha value is -2.73. The third-order valence-corrected chi connectivity index (χ3v) is 4.63. The Labute approximate surface area is 155 Å². The summed E-state index contributed by atoms with van der Waals surface area (Å²) in [7, 11) is 0. The third kappa shape index (κ3) is 3.60. The number of nitrogens with one attached hydrogen (secondary N) is 1. The van der Waals surface area contributed by atoms with Gasteiger partial charge in [0.1, 0.15) is 11.4 Å². The minimum Gasteiger partial charge on any atom is -0.322 e. The Morgan fingerprint density at radius 3 is 2.62 bits per heavy atom. The van der Waals surface area contributed by atoms with Crippen LogP contribution in [-0.2, 0) is 11.2 Å². The van der Waals surface area contributed by atoms with E-state index >= 15 is 0 Å². The molecule has 3 rings (SSSR count). The van der Waals surface area contributed by atoms with Gasteiger partial charge in [0, 0.05) is 5.56 Å². The first-order valence-corrected chi connectivity index (χ1v) is 8.47. The summed E-state index contributed by atoms with van der Waals surface area (Å²) in [6, 6.07) is 13.2. The quantitative estimate of drug-likeness (QED) is 0.640. The lowest BCUT2D eigenvalue weighted by atomic mass is 9.93. The molecule has 1 atom stereocenters. The molecule has 1 aliphatic rings. The molecule has 0 bridgehead atoms. The number of aryl methyl sites for hydroxylation is 1. The first-order chi connectivity index (χ1) is 12.4. The highest BCUT2D eigenvalue weighted by Crippen LogP contribution is 2.24. The number of carbonyl (C=O) groups is 2. The lowest BCUT2D eigenvalue weighted by molar-refractivity contribution is -0.130. The van der Waals surface area contributed by atoms with Gasteiger partial charge in [0.2, 0.25) is 0 Å². The van der Waals surface area contributed by atoms with Crippen molar-refractivity contribution < 1.29 is 14.0 Å². The first-order valence-electron chi connectivity index (χ1n) is 8.09. The standard InChI is InChI=1S/C19H17ClFN3O2/c1-19(11-10-13-6-3-2-4-7-13)17(25)24(18(26)23-19)22-12-14-15(20)8-5-9-16(14)21/h2-9,12H,10-11H2,1H3,(H,23,26)/b22-12-/t19-/m0/s1. The van der Waals surface area contributed by atoms with Gasteiger partial charge < -0.3 is 5.32 Å². The summed E-state index contributed by atoms with van der Waals surface area (Å²) in [5.74, 6) is -1.07. The minimum atomic E-state index is -1.07. The molecule has 1 N–H and O–H groups in total. The van der Waals surface area contributed by atoms with Gasteiger partial charge in [-0.05, 0) is 37.5 Å². The van der Waals surface area contributed by atoms with E-state index in [-0.39, 0.29) is 10.6 Å². The van der Waals surface area contributed by atoms with E-state index in [1.165, 1.54) is 18.2 Å². The number of halogens is 2. The number of urea groups is 1. The van der Waals surface area contributed by atoms with E-state index in [1.54, 1.807) is 6.92 Å². The molecule has 0 unspecified atom stereocenters. The number of imide groups is 1. The van der Waals surface area contributed by atoms with Gasteiger partial charge in [0.05, 0.1) is 11.2 Å². The smallest absolute Gasteiger partial charge is 0.322 e. The fraction of sp³-hybridized carbons (Fsp3) is 0.211. The van der Waals surface area contributed by atoms with Crippen molar-refractivity contribution in [3.63, 3.8) is 0 Å². The molecule has 0 aromatic heterocycles. The molecule has 134 valence electrons. The lowest BCUT2D eigenvalue weighted by Gasteiger charge is -2.20. The molecule has 1 aliphatic heterocycles. The number of hydrogen-bond acceptors (Lipinski definition) is 3. The number of rotatable bonds is 5. The van der Waals surface area contributed by atoms with Crippen LogP contribution in [0.3, 0.4) is 0 Å². The van der Waals surface area contributed by atoms with Gasteiger partial charge in [-0.2, -0.15) is 5.10 Å². The van der Waals surface area contributed by atoms with Crippen LogP contribution in [0.1, 0.15) is 24.5 Å². The van der Waals surface area contributed by atoms with Crippen molar-refractivity contribution in [2.75, 3.05) is 0 Å². The highest BCUT2D eigenvalue weighted by atomic mass is 35.5. The van der Waals surface area contributed by atoms with Crippen molar-refractivity contribution in [1.29, 1.82) is 0 Å². The summed E-state index contributed by atoms with van der Waals surface area (Å²) in [5.41, 5.74) is 0.0204. The first kappa shape index (κ1) is 18.1. The van der Waals surface area contributed by atoms with Crippen molar-refractivity contribution >= 4 is 29.8 Å². The molecule has 1 heterocycles. The zero-order valence-electron chi connectivity index (χ0n) is 14.1. The average Bonchev–Trinajstić information content (AvgIpc) is 2.84. The molecule has 1 saturated heterocycles. The lowest BCUT2D eigenvalue weighted by Crippen LogP contribution is -2.44. The average molecular weight is 374 g/mol. The Balaban J connectivity index is 1.75. The third-order valence-electron chi connectivity index (χ3n) is 4.30. The van der Waals surface area contributed by atoms with E-state index in [0.717, 1.165) is 11.8 Å². The second-order valence-corrected chi connectivity index (χ2v) is 6.65. The largest absolute Gasteiger partial charge is 0.346 e. The molecular weight excluding hydrogens is 357 g/mol. The second-order valence-electron chi connectivity index (χ2n) is 6.24. The van der Waals surface area contributed by atoms with Gasteiger partial charge in [-0.1, -0.05) is 48.0 Å². The van der Waals surface area contributed by atoms with Crippen molar-refractivity contribution in [3.8, 4) is 0 Å². The Bertz CT molecular complexity index is 852. The van der Waals surface area contributed by atoms with E-state index < -0.39 is 23.3 Å². The molecule has 5 nitrogen and oxygen atoms in total. The summed E-state index contributed by atoms with van der Waals surface area (Å²) < 4.78 is 13.8. The fourth-order valence-corrected chi connectivity index (χ4v) is 2.94. The van der Waals surface area contributed by atoms with Crippen LogP contribution in [0.4, 0.5) is 9.18 Å². The van der Waals surface area contributed by atoms with Gasteiger partial charge in [-0.3, -0.25) is 4.79 Å². The molecular formula is C19H17ClFN3O2. The Kier molecular flexibility index (Phi) is 5.04. The van der Waals surface area contributed by atoms with Crippen molar-refractivity contribution in [2.45, 2.75) is 25.3 Å². The van der Waals surface area contributed by atoms with E-state index in [9.17, 15) is 14.0 Å². The summed E-state index contributed by atoms with van der Waals surface area (Å²) in [6.07, 6.45) is 2.13. The molecule has 26 heavy (non-hydrogen) atoms. The molecule has 0 aliphatic carbocycles. The number of hydrogen-bond donors (Lipinski definition) is 1. The zero-order valence-corrected chi connectivity index (χ0v) is 14.8. The topological polar surface area (TPSA) is 61.8 Å². The van der Waals surface area contributed by atoms with Gasteiger partial charge in [-0.25, -0.2) is 9.18 Å². The van der Waals surface area contributed by atoms with Crippen LogP contribution in [0, 0.1) is 5.82 Å². The number of carbonyl (C=O) groups excluding carboxylic acids is 2. The minimum absolute atomic E-state index is 0.0210. The summed E-state index contributed by atoms with van der Waals surface area (Å²) >= 11 is 5.93. The zero-order chi connectivity index (χ0) is 18.7. The summed E-state index contributed by atoms with van der Waals surface area (Å²) in [6.45, 7) is 1.65. The van der Waals surface area contributed by atoms with Crippen LogP contribution < -0.4 is 5.32 Å². The number of nitrogens with zero attached hydrogens (tertiary/aromatic N) is 2. The highest BCUT2D eigenvalue weighted by molar-refractivity contribution is 6.33. The van der Waals surface area contributed by atoms with Crippen molar-refractivity contribution in [2.24, 2.45) is 5.10 Å². The molecule has 2 aromatic rings. The number of amides is 3. The Morgan fingerprint density at radius 2 is 1.92 bits per heavy atom. The predicted octanol–water partition coefficient (Wildman–Crippen LogP) is 3.76. The summed E-state index contributed by atoms with van der Waals surface area (Å²) in [4.78, 5) is 24.8. The van der Waals surface area contributed by atoms with Crippen molar-refractivity contribution in [1.82, 2.24) is 10.3 Å². The maximum Gasteiger partial charge on any atom is 0.346 e. The second kappa shape index (κ2) is 7.25. The fourth-order valence-electron chi connectivity index (χ4n) is 2.73. The van der Waals surface area contributed by atoms with Crippen LogP contribution in [0.25, 0.3) is 0 Å².